The first-order valence-electron chi connectivity index (χ1n) is 9.48. The van der Waals surface area contributed by atoms with Crippen molar-refractivity contribution < 1.29 is 4.79 Å². The number of rotatable bonds is 4. The molecule has 138 valence electrons. The van der Waals surface area contributed by atoms with Gasteiger partial charge in [-0.1, -0.05) is 51.1 Å². The van der Waals surface area contributed by atoms with E-state index in [4.69, 9.17) is 0 Å². The van der Waals surface area contributed by atoms with Crippen molar-refractivity contribution in [2.45, 2.75) is 40.0 Å². The van der Waals surface area contributed by atoms with Gasteiger partial charge in [0, 0.05) is 18.5 Å². The maximum Gasteiger partial charge on any atom is 0.229 e. The molecule has 1 aliphatic rings. The minimum atomic E-state index is -0.403. The van der Waals surface area contributed by atoms with Crippen molar-refractivity contribution in [3.8, 4) is 0 Å². The van der Waals surface area contributed by atoms with E-state index < -0.39 is 5.41 Å². The fourth-order valence-electron chi connectivity index (χ4n) is 3.28. The number of nitrogens with one attached hydrogen (secondary N) is 1. The van der Waals surface area contributed by atoms with E-state index >= 15 is 0 Å². The molecule has 1 fully saturated rings. The quantitative estimate of drug-likeness (QED) is 0.880. The molecular weight excluding hydrogens is 322 g/mol. The smallest absolute Gasteiger partial charge is 0.229 e. The SMILES string of the molecule is CC(C)(C)C(=O)Nc1ccc(N2CCC(Cc3ccccc3)CC2)nc1. The van der Waals surface area contributed by atoms with Crippen LogP contribution in [0.1, 0.15) is 39.2 Å². The number of piperidine rings is 1. The fraction of sp³-hybridized carbons (Fsp3) is 0.455. The maximum atomic E-state index is 12.1. The number of pyridine rings is 1. The topological polar surface area (TPSA) is 45.2 Å². The minimum Gasteiger partial charge on any atom is -0.357 e. The van der Waals surface area contributed by atoms with Crippen LogP contribution in [0.25, 0.3) is 0 Å². The summed E-state index contributed by atoms with van der Waals surface area (Å²) in [7, 11) is 0. The Labute approximate surface area is 156 Å². The first-order chi connectivity index (χ1) is 12.4. The van der Waals surface area contributed by atoms with Crippen molar-refractivity contribution in [2.24, 2.45) is 11.3 Å². The van der Waals surface area contributed by atoms with E-state index in [2.05, 4.69) is 45.5 Å². The van der Waals surface area contributed by atoms with E-state index in [0.717, 1.165) is 30.5 Å². The van der Waals surface area contributed by atoms with Gasteiger partial charge in [0.1, 0.15) is 5.82 Å². The summed E-state index contributed by atoms with van der Waals surface area (Å²) in [6.45, 7) is 7.80. The molecule has 2 heterocycles. The van der Waals surface area contributed by atoms with Crippen molar-refractivity contribution in [1.82, 2.24) is 4.98 Å². The molecule has 0 spiro atoms. The molecule has 4 heteroatoms. The van der Waals surface area contributed by atoms with Crippen LogP contribution in [0.3, 0.4) is 0 Å². The highest BCUT2D eigenvalue weighted by Gasteiger charge is 2.22. The second-order valence-corrected chi connectivity index (χ2v) is 8.23. The number of anilines is 2. The van der Waals surface area contributed by atoms with Gasteiger partial charge >= 0.3 is 0 Å². The van der Waals surface area contributed by atoms with Gasteiger partial charge in [-0.15, -0.1) is 0 Å². The first kappa shape index (κ1) is 18.4. The van der Waals surface area contributed by atoms with Crippen molar-refractivity contribution in [2.75, 3.05) is 23.3 Å². The van der Waals surface area contributed by atoms with E-state index in [1.165, 1.54) is 24.8 Å². The summed E-state index contributed by atoms with van der Waals surface area (Å²) in [5.74, 6) is 1.75. The lowest BCUT2D eigenvalue weighted by Gasteiger charge is -2.33. The molecular formula is C22H29N3O. The molecule has 0 atom stereocenters. The molecule has 1 aromatic heterocycles. The summed E-state index contributed by atoms with van der Waals surface area (Å²) < 4.78 is 0. The molecule has 0 aliphatic carbocycles. The molecule has 0 radical (unpaired) electrons. The van der Waals surface area contributed by atoms with Gasteiger partial charge in [-0.05, 0) is 42.9 Å². The van der Waals surface area contributed by atoms with E-state index in [9.17, 15) is 4.79 Å². The van der Waals surface area contributed by atoms with Crippen molar-refractivity contribution in [3.63, 3.8) is 0 Å². The maximum absolute atomic E-state index is 12.1. The number of nitrogens with zero attached hydrogens (tertiary/aromatic N) is 2. The molecule has 0 saturated carbocycles. The standard InChI is InChI=1S/C22H29N3O/c1-22(2,3)21(26)24-19-9-10-20(23-16-19)25-13-11-18(12-14-25)15-17-7-5-4-6-8-17/h4-10,16,18H,11-15H2,1-3H3,(H,24,26). The molecule has 0 bridgehead atoms. The lowest BCUT2D eigenvalue weighted by molar-refractivity contribution is -0.123. The van der Waals surface area contributed by atoms with Gasteiger partial charge in [0.15, 0.2) is 0 Å². The van der Waals surface area contributed by atoms with Crippen molar-refractivity contribution in [1.29, 1.82) is 0 Å². The van der Waals surface area contributed by atoms with E-state index in [1.54, 1.807) is 6.20 Å². The zero-order valence-corrected chi connectivity index (χ0v) is 16.0. The van der Waals surface area contributed by atoms with Crippen LogP contribution in [-0.2, 0) is 11.2 Å². The van der Waals surface area contributed by atoms with Crippen molar-refractivity contribution in [3.05, 3.63) is 54.2 Å². The average molecular weight is 351 g/mol. The molecule has 0 unspecified atom stereocenters. The fourth-order valence-corrected chi connectivity index (χ4v) is 3.28. The number of amides is 1. The summed E-state index contributed by atoms with van der Waals surface area (Å²) >= 11 is 0. The number of hydrogen-bond donors (Lipinski definition) is 1. The van der Waals surface area contributed by atoms with Crippen LogP contribution in [0.5, 0.6) is 0 Å². The minimum absolute atomic E-state index is 0.00813. The van der Waals surface area contributed by atoms with Gasteiger partial charge in [0.2, 0.25) is 5.91 Å². The Morgan fingerprint density at radius 1 is 1.12 bits per heavy atom. The molecule has 1 aromatic carbocycles. The predicted molar refractivity (Wildman–Crippen MR) is 107 cm³/mol. The molecule has 1 amide bonds. The molecule has 4 nitrogen and oxygen atoms in total. The first-order valence-corrected chi connectivity index (χ1v) is 9.48. The lowest BCUT2D eigenvalue weighted by Crippen LogP contribution is -2.34. The third kappa shape index (κ3) is 4.84. The normalized spacial score (nSPS) is 15.7. The third-order valence-corrected chi connectivity index (χ3v) is 4.99. The average Bonchev–Trinajstić information content (AvgIpc) is 2.63. The van der Waals surface area contributed by atoms with Crippen LogP contribution in [0.15, 0.2) is 48.7 Å². The number of hydrogen-bond acceptors (Lipinski definition) is 3. The Morgan fingerprint density at radius 3 is 2.38 bits per heavy atom. The molecule has 3 rings (SSSR count). The van der Waals surface area contributed by atoms with Crippen LogP contribution >= 0.6 is 0 Å². The van der Waals surface area contributed by atoms with Crippen LogP contribution in [-0.4, -0.2) is 24.0 Å². The Balaban J connectivity index is 1.52. The zero-order valence-electron chi connectivity index (χ0n) is 16.0. The van der Waals surface area contributed by atoms with Gasteiger partial charge < -0.3 is 10.2 Å². The Bertz CT molecular complexity index is 711. The molecule has 1 aliphatic heterocycles. The highest BCUT2D eigenvalue weighted by atomic mass is 16.2. The molecule has 2 aromatic rings. The van der Waals surface area contributed by atoms with Gasteiger partial charge in [-0.3, -0.25) is 4.79 Å². The van der Waals surface area contributed by atoms with Crippen LogP contribution in [0, 0.1) is 11.3 Å². The van der Waals surface area contributed by atoms with Gasteiger partial charge in [0.25, 0.3) is 0 Å². The summed E-state index contributed by atoms with van der Waals surface area (Å²) in [6, 6.07) is 14.7. The van der Waals surface area contributed by atoms with Gasteiger partial charge in [-0.25, -0.2) is 4.98 Å². The lowest BCUT2D eigenvalue weighted by atomic mass is 9.90. The van der Waals surface area contributed by atoms with Crippen molar-refractivity contribution >= 4 is 17.4 Å². The highest BCUT2D eigenvalue weighted by molar-refractivity contribution is 5.94. The number of carbonyl (C=O) groups is 1. The summed E-state index contributed by atoms with van der Waals surface area (Å²) in [6.07, 6.45) is 5.31. The molecule has 26 heavy (non-hydrogen) atoms. The zero-order chi connectivity index (χ0) is 18.6. The Hall–Kier alpha value is -2.36. The molecule has 1 N–H and O–H groups in total. The Morgan fingerprint density at radius 2 is 1.81 bits per heavy atom. The summed E-state index contributed by atoms with van der Waals surface area (Å²) in [5.41, 5.74) is 1.79. The van der Waals surface area contributed by atoms with E-state index in [0.29, 0.717) is 0 Å². The van der Waals surface area contributed by atoms with Crippen LogP contribution in [0.2, 0.25) is 0 Å². The van der Waals surface area contributed by atoms with Gasteiger partial charge in [-0.2, -0.15) is 0 Å². The predicted octanol–water partition coefficient (Wildman–Crippen LogP) is 4.53. The highest BCUT2D eigenvalue weighted by Crippen LogP contribution is 2.25. The largest absolute Gasteiger partial charge is 0.357 e. The monoisotopic (exact) mass is 351 g/mol. The van der Waals surface area contributed by atoms with E-state index in [-0.39, 0.29) is 5.91 Å². The van der Waals surface area contributed by atoms with Crippen LogP contribution in [0.4, 0.5) is 11.5 Å². The molecule has 1 saturated heterocycles. The number of aromatic nitrogens is 1. The second-order valence-electron chi connectivity index (χ2n) is 8.23. The van der Waals surface area contributed by atoms with E-state index in [1.807, 2.05) is 32.9 Å². The second kappa shape index (κ2) is 7.90. The number of carbonyl (C=O) groups excluding carboxylic acids is 1. The number of benzene rings is 1. The van der Waals surface area contributed by atoms with Crippen LogP contribution < -0.4 is 10.2 Å². The third-order valence-electron chi connectivity index (χ3n) is 4.99. The summed E-state index contributed by atoms with van der Waals surface area (Å²) in [5, 5.41) is 2.93. The summed E-state index contributed by atoms with van der Waals surface area (Å²) in [4.78, 5) is 19.0. The van der Waals surface area contributed by atoms with Gasteiger partial charge in [0.05, 0.1) is 11.9 Å². The Kier molecular flexibility index (Phi) is 5.60.